The summed E-state index contributed by atoms with van der Waals surface area (Å²) < 4.78 is 12.8. The van der Waals surface area contributed by atoms with Crippen molar-refractivity contribution in [3.05, 3.63) is 96.3 Å². The lowest BCUT2D eigenvalue weighted by Crippen LogP contribution is -2.49. The molecule has 1 aliphatic heterocycles. The zero-order valence-electron chi connectivity index (χ0n) is 24.9. The molecule has 0 spiro atoms. The average molecular weight is 609 g/mol. The highest BCUT2D eigenvalue weighted by molar-refractivity contribution is 6.38. The smallest absolute Gasteiger partial charge is 0.289 e. The molecule has 11 heteroatoms. The Morgan fingerprint density at radius 2 is 1.73 bits per heavy atom. The van der Waals surface area contributed by atoms with Gasteiger partial charge in [0.2, 0.25) is 5.78 Å². The van der Waals surface area contributed by atoms with Crippen LogP contribution in [0.3, 0.4) is 0 Å². The zero-order chi connectivity index (χ0) is 31.0. The van der Waals surface area contributed by atoms with Crippen LogP contribution in [0.1, 0.15) is 28.8 Å². The van der Waals surface area contributed by atoms with Crippen LogP contribution < -0.4 is 15.4 Å². The Labute approximate surface area is 261 Å². The Balaban J connectivity index is 1.15. The molecule has 6 rings (SSSR count). The maximum absolute atomic E-state index is 13.7. The van der Waals surface area contributed by atoms with E-state index in [0.29, 0.717) is 18.2 Å². The SMILES string of the molecule is O=C(NC1CC1)C(=O)C(Cc1ccc(OCCN2CCOCC2)cc1)NC(=O)c1cccnc1-n1ccc(-c2ccccc2)n1. The molecular weight excluding hydrogens is 572 g/mol. The molecule has 0 bridgehead atoms. The van der Waals surface area contributed by atoms with Gasteiger partial charge in [-0.3, -0.25) is 19.3 Å². The first-order valence-electron chi connectivity index (χ1n) is 15.3. The number of hydrogen-bond acceptors (Lipinski definition) is 8. The summed E-state index contributed by atoms with van der Waals surface area (Å²) in [6.45, 7) is 4.64. The Bertz CT molecular complexity index is 1610. The summed E-state index contributed by atoms with van der Waals surface area (Å²) in [5, 5.41) is 10.2. The summed E-state index contributed by atoms with van der Waals surface area (Å²) in [5.74, 6) is -0.909. The van der Waals surface area contributed by atoms with Crippen molar-refractivity contribution < 1.29 is 23.9 Å². The van der Waals surface area contributed by atoms with Crippen LogP contribution in [-0.4, -0.2) is 88.8 Å². The van der Waals surface area contributed by atoms with Gasteiger partial charge in [0.15, 0.2) is 5.82 Å². The van der Waals surface area contributed by atoms with Crippen LogP contribution in [0.15, 0.2) is 85.2 Å². The Hall–Kier alpha value is -4.87. The summed E-state index contributed by atoms with van der Waals surface area (Å²) in [6, 6.07) is 21.1. The molecule has 2 aromatic carbocycles. The predicted molar refractivity (Wildman–Crippen MR) is 167 cm³/mol. The molecule has 2 aliphatic rings. The van der Waals surface area contributed by atoms with Crippen LogP contribution in [0.5, 0.6) is 5.75 Å². The molecule has 2 amide bonds. The molecule has 232 valence electrons. The molecule has 3 heterocycles. The fourth-order valence-electron chi connectivity index (χ4n) is 5.12. The van der Waals surface area contributed by atoms with Crippen molar-refractivity contribution >= 4 is 17.6 Å². The van der Waals surface area contributed by atoms with Crippen molar-refractivity contribution in [1.82, 2.24) is 30.3 Å². The number of benzene rings is 2. The highest BCUT2D eigenvalue weighted by Gasteiger charge is 2.32. The van der Waals surface area contributed by atoms with E-state index >= 15 is 0 Å². The number of nitrogens with one attached hydrogen (secondary N) is 2. The van der Waals surface area contributed by atoms with Crippen molar-refractivity contribution in [2.45, 2.75) is 31.3 Å². The lowest BCUT2D eigenvalue weighted by Gasteiger charge is -2.26. The minimum atomic E-state index is -1.09. The Morgan fingerprint density at radius 3 is 2.49 bits per heavy atom. The standard InChI is InChI=1S/C34H36N6O5/c41-31(34(43)36-26-10-11-26)30(23-24-8-12-27(13-9-24)45-22-19-39-17-20-44-21-18-39)37-33(42)28-7-4-15-35-32(28)40-16-14-29(38-40)25-5-2-1-3-6-25/h1-9,12-16,26,30H,10-11,17-23H2,(H,36,43)(H,37,42). The number of carbonyl (C=O) groups is 3. The first-order chi connectivity index (χ1) is 22.0. The van der Waals surface area contributed by atoms with E-state index in [4.69, 9.17) is 9.47 Å². The molecule has 1 unspecified atom stereocenters. The summed E-state index contributed by atoms with van der Waals surface area (Å²) in [4.78, 5) is 46.5. The topological polar surface area (TPSA) is 128 Å². The monoisotopic (exact) mass is 608 g/mol. The van der Waals surface area contributed by atoms with E-state index in [-0.39, 0.29) is 18.0 Å². The molecule has 1 atom stereocenters. The van der Waals surface area contributed by atoms with Crippen molar-refractivity contribution in [2.75, 3.05) is 39.5 Å². The van der Waals surface area contributed by atoms with Crippen LogP contribution in [0.4, 0.5) is 0 Å². The minimum Gasteiger partial charge on any atom is -0.492 e. The van der Waals surface area contributed by atoms with E-state index in [1.807, 2.05) is 60.7 Å². The van der Waals surface area contributed by atoms with Gasteiger partial charge in [0.05, 0.1) is 24.5 Å². The van der Waals surface area contributed by atoms with Gasteiger partial charge in [0.25, 0.3) is 11.8 Å². The highest BCUT2D eigenvalue weighted by Crippen LogP contribution is 2.21. The van der Waals surface area contributed by atoms with Crippen LogP contribution in [-0.2, 0) is 20.7 Å². The molecule has 4 aromatic rings. The molecule has 2 N–H and O–H groups in total. The van der Waals surface area contributed by atoms with Crippen molar-refractivity contribution in [2.24, 2.45) is 0 Å². The van der Waals surface area contributed by atoms with E-state index in [1.54, 1.807) is 24.5 Å². The van der Waals surface area contributed by atoms with E-state index in [0.717, 1.165) is 62.5 Å². The van der Waals surface area contributed by atoms with Crippen molar-refractivity contribution in [1.29, 1.82) is 0 Å². The van der Waals surface area contributed by atoms with Gasteiger partial charge in [0.1, 0.15) is 18.4 Å². The maximum atomic E-state index is 13.7. The average Bonchev–Trinajstić information content (AvgIpc) is 3.76. The number of hydrogen-bond donors (Lipinski definition) is 2. The van der Waals surface area contributed by atoms with Crippen LogP contribution in [0, 0.1) is 0 Å². The lowest BCUT2D eigenvalue weighted by molar-refractivity contribution is -0.139. The van der Waals surface area contributed by atoms with Crippen LogP contribution >= 0.6 is 0 Å². The number of ether oxygens (including phenoxy) is 2. The number of nitrogens with zero attached hydrogens (tertiary/aromatic N) is 4. The Kier molecular flexibility index (Phi) is 9.57. The molecule has 11 nitrogen and oxygen atoms in total. The van der Waals surface area contributed by atoms with Gasteiger partial charge in [-0.2, -0.15) is 5.10 Å². The molecular formula is C34H36N6O5. The van der Waals surface area contributed by atoms with Gasteiger partial charge in [0, 0.05) is 50.1 Å². The van der Waals surface area contributed by atoms with Gasteiger partial charge in [-0.05, 0) is 48.7 Å². The normalized spacial score (nSPS) is 15.6. The minimum absolute atomic E-state index is 0.00949. The number of rotatable bonds is 13. The summed E-state index contributed by atoms with van der Waals surface area (Å²) in [5.41, 5.74) is 2.66. The number of aromatic nitrogens is 3. The second kappa shape index (κ2) is 14.3. The van der Waals surface area contributed by atoms with Gasteiger partial charge in [-0.25, -0.2) is 9.67 Å². The van der Waals surface area contributed by atoms with E-state index < -0.39 is 23.6 Å². The highest BCUT2D eigenvalue weighted by atomic mass is 16.5. The number of pyridine rings is 1. The summed E-state index contributed by atoms with van der Waals surface area (Å²) >= 11 is 0. The fraction of sp³-hybridized carbons (Fsp3) is 0.324. The largest absolute Gasteiger partial charge is 0.492 e. The van der Waals surface area contributed by atoms with Gasteiger partial charge in [-0.1, -0.05) is 42.5 Å². The third-order valence-corrected chi connectivity index (χ3v) is 7.81. The Morgan fingerprint density at radius 1 is 0.956 bits per heavy atom. The molecule has 2 aromatic heterocycles. The number of morpholine rings is 1. The second-order valence-electron chi connectivity index (χ2n) is 11.2. The van der Waals surface area contributed by atoms with Crippen LogP contribution in [0.2, 0.25) is 0 Å². The second-order valence-corrected chi connectivity index (χ2v) is 11.2. The number of Topliss-reactive ketones (excluding diaryl/α,β-unsaturated/α-hetero) is 1. The molecule has 45 heavy (non-hydrogen) atoms. The lowest BCUT2D eigenvalue weighted by atomic mass is 10.0. The fourth-order valence-corrected chi connectivity index (χ4v) is 5.12. The predicted octanol–water partition coefficient (Wildman–Crippen LogP) is 2.83. The summed E-state index contributed by atoms with van der Waals surface area (Å²) in [6.07, 6.45) is 5.13. The molecule has 1 saturated heterocycles. The van der Waals surface area contributed by atoms with Crippen molar-refractivity contribution in [3.63, 3.8) is 0 Å². The molecule has 2 fully saturated rings. The zero-order valence-corrected chi connectivity index (χ0v) is 24.9. The third kappa shape index (κ3) is 8.00. The van der Waals surface area contributed by atoms with Crippen LogP contribution in [0.25, 0.3) is 17.1 Å². The number of amides is 2. The first-order valence-corrected chi connectivity index (χ1v) is 15.3. The first kappa shape index (κ1) is 30.2. The van der Waals surface area contributed by atoms with Gasteiger partial charge >= 0.3 is 0 Å². The van der Waals surface area contributed by atoms with E-state index in [9.17, 15) is 14.4 Å². The molecule has 1 aliphatic carbocycles. The van der Waals surface area contributed by atoms with Gasteiger partial charge in [-0.15, -0.1) is 0 Å². The van der Waals surface area contributed by atoms with Gasteiger partial charge < -0.3 is 20.1 Å². The maximum Gasteiger partial charge on any atom is 0.289 e. The van der Waals surface area contributed by atoms with E-state index in [2.05, 4.69) is 25.6 Å². The van der Waals surface area contributed by atoms with E-state index in [1.165, 1.54) is 4.68 Å². The third-order valence-electron chi connectivity index (χ3n) is 7.81. The number of carbonyl (C=O) groups excluding carboxylic acids is 3. The van der Waals surface area contributed by atoms with Crippen molar-refractivity contribution in [3.8, 4) is 22.8 Å². The summed E-state index contributed by atoms with van der Waals surface area (Å²) in [7, 11) is 0. The molecule has 1 saturated carbocycles. The quantitative estimate of drug-likeness (QED) is 0.222. The molecule has 0 radical (unpaired) electrons. The number of ketones is 1.